The molecule has 1 fully saturated rings. The van der Waals surface area contributed by atoms with Gasteiger partial charge >= 0.3 is 6.18 Å². The first kappa shape index (κ1) is 16.4. The molecule has 0 aromatic carbocycles. The largest absolute Gasteiger partial charge is 0.433 e. The van der Waals surface area contributed by atoms with Crippen molar-refractivity contribution in [1.29, 1.82) is 0 Å². The van der Waals surface area contributed by atoms with E-state index >= 15 is 0 Å². The molecule has 0 radical (unpaired) electrons. The summed E-state index contributed by atoms with van der Waals surface area (Å²) < 4.78 is 38.1. The fourth-order valence-electron chi connectivity index (χ4n) is 2.68. The molecular formula is C15H17F3N6. The Morgan fingerprint density at radius 1 is 1.21 bits per heavy atom. The highest BCUT2D eigenvalue weighted by Gasteiger charge is 2.33. The van der Waals surface area contributed by atoms with E-state index in [9.17, 15) is 13.2 Å². The maximum atomic E-state index is 12.7. The molecule has 0 amide bonds. The summed E-state index contributed by atoms with van der Waals surface area (Å²) in [6.45, 7) is 5.26. The molecule has 1 unspecified atom stereocenters. The molecule has 1 aliphatic rings. The number of anilines is 2. The van der Waals surface area contributed by atoms with Crippen LogP contribution in [0.1, 0.15) is 23.4 Å². The summed E-state index contributed by atoms with van der Waals surface area (Å²) in [6.07, 6.45) is -1.07. The van der Waals surface area contributed by atoms with Crippen LogP contribution < -0.4 is 10.2 Å². The van der Waals surface area contributed by atoms with Gasteiger partial charge in [0, 0.05) is 36.6 Å². The van der Waals surface area contributed by atoms with Crippen molar-refractivity contribution in [3.63, 3.8) is 0 Å². The van der Waals surface area contributed by atoms with Gasteiger partial charge in [-0.25, -0.2) is 19.9 Å². The Morgan fingerprint density at radius 2 is 2.00 bits per heavy atom. The van der Waals surface area contributed by atoms with Gasteiger partial charge in [0.25, 0.3) is 0 Å². The van der Waals surface area contributed by atoms with Crippen molar-refractivity contribution in [3.05, 3.63) is 35.5 Å². The van der Waals surface area contributed by atoms with Crippen molar-refractivity contribution in [2.24, 2.45) is 0 Å². The minimum absolute atomic E-state index is 0.00716. The van der Waals surface area contributed by atoms with E-state index in [0.717, 1.165) is 42.3 Å². The van der Waals surface area contributed by atoms with Gasteiger partial charge < -0.3 is 10.2 Å². The number of nitrogens with zero attached hydrogens (tertiary/aromatic N) is 5. The second kappa shape index (κ2) is 6.21. The zero-order valence-electron chi connectivity index (χ0n) is 13.3. The summed E-state index contributed by atoms with van der Waals surface area (Å²) in [7, 11) is 0. The van der Waals surface area contributed by atoms with Crippen molar-refractivity contribution in [1.82, 2.24) is 19.9 Å². The van der Waals surface area contributed by atoms with Crippen LogP contribution in [-0.2, 0) is 6.18 Å². The Hall–Kier alpha value is -2.45. The predicted molar refractivity (Wildman–Crippen MR) is 82.8 cm³/mol. The topological polar surface area (TPSA) is 66.8 Å². The lowest BCUT2D eigenvalue weighted by atomic mass is 10.2. The van der Waals surface area contributed by atoms with E-state index in [0.29, 0.717) is 6.54 Å². The number of hydrogen-bond acceptors (Lipinski definition) is 6. The molecular weight excluding hydrogens is 321 g/mol. The van der Waals surface area contributed by atoms with Gasteiger partial charge in [0.1, 0.15) is 17.8 Å². The Kier molecular flexibility index (Phi) is 4.25. The van der Waals surface area contributed by atoms with Crippen LogP contribution >= 0.6 is 0 Å². The predicted octanol–water partition coefficient (Wildman–Crippen LogP) is 2.59. The molecule has 1 N–H and O–H groups in total. The van der Waals surface area contributed by atoms with Gasteiger partial charge in [-0.05, 0) is 26.3 Å². The van der Waals surface area contributed by atoms with Gasteiger partial charge in [-0.3, -0.25) is 0 Å². The van der Waals surface area contributed by atoms with Gasteiger partial charge in [-0.1, -0.05) is 0 Å². The molecule has 0 saturated carbocycles. The van der Waals surface area contributed by atoms with E-state index in [4.69, 9.17) is 0 Å². The maximum absolute atomic E-state index is 12.7. The third kappa shape index (κ3) is 3.39. The Labute approximate surface area is 137 Å². The Bertz CT molecular complexity index is 733. The molecule has 1 saturated heterocycles. The first-order valence-electron chi connectivity index (χ1n) is 7.54. The quantitative estimate of drug-likeness (QED) is 0.928. The second-order valence-corrected chi connectivity index (χ2v) is 5.75. The fraction of sp³-hybridized carbons (Fsp3) is 0.467. The van der Waals surface area contributed by atoms with Gasteiger partial charge in [-0.2, -0.15) is 13.2 Å². The van der Waals surface area contributed by atoms with E-state index in [1.54, 1.807) is 0 Å². The van der Waals surface area contributed by atoms with Crippen molar-refractivity contribution in [2.45, 2.75) is 32.5 Å². The van der Waals surface area contributed by atoms with Crippen molar-refractivity contribution in [3.8, 4) is 0 Å². The molecule has 6 nitrogen and oxygen atoms in total. The minimum Gasteiger partial charge on any atom is -0.354 e. The van der Waals surface area contributed by atoms with Crippen LogP contribution in [0.25, 0.3) is 0 Å². The molecule has 0 bridgehead atoms. The zero-order chi connectivity index (χ0) is 17.3. The smallest absolute Gasteiger partial charge is 0.354 e. The average Bonchev–Trinajstić information content (AvgIpc) is 2.98. The number of hydrogen-bond donors (Lipinski definition) is 1. The van der Waals surface area contributed by atoms with Gasteiger partial charge in [0.2, 0.25) is 5.95 Å². The minimum atomic E-state index is -4.48. The van der Waals surface area contributed by atoms with Crippen LogP contribution in [0.3, 0.4) is 0 Å². The lowest BCUT2D eigenvalue weighted by Gasteiger charge is -2.20. The SMILES string of the molecule is Cc1ncnc(N2CCC(Nc3nccc(C(F)(F)F)n3)C2)c1C. The Morgan fingerprint density at radius 3 is 2.75 bits per heavy atom. The second-order valence-electron chi connectivity index (χ2n) is 5.75. The molecule has 2 aromatic heterocycles. The number of nitrogens with one attached hydrogen (secondary N) is 1. The average molecular weight is 338 g/mol. The van der Waals surface area contributed by atoms with Crippen LogP contribution in [0.4, 0.5) is 24.9 Å². The molecule has 24 heavy (non-hydrogen) atoms. The molecule has 2 aromatic rings. The lowest BCUT2D eigenvalue weighted by molar-refractivity contribution is -0.141. The van der Waals surface area contributed by atoms with Gasteiger partial charge in [-0.15, -0.1) is 0 Å². The summed E-state index contributed by atoms with van der Waals surface area (Å²) in [4.78, 5) is 18.0. The normalized spacial score (nSPS) is 18.0. The van der Waals surface area contributed by atoms with Crippen LogP contribution in [0.5, 0.6) is 0 Å². The summed E-state index contributed by atoms with van der Waals surface area (Å²) >= 11 is 0. The summed E-state index contributed by atoms with van der Waals surface area (Å²) in [6, 6.07) is 0.822. The van der Waals surface area contributed by atoms with Crippen molar-refractivity contribution >= 4 is 11.8 Å². The molecule has 9 heteroatoms. The van der Waals surface area contributed by atoms with Crippen LogP contribution in [0.2, 0.25) is 0 Å². The third-order valence-corrected chi connectivity index (χ3v) is 4.08. The van der Waals surface area contributed by atoms with E-state index in [1.807, 2.05) is 13.8 Å². The third-order valence-electron chi connectivity index (χ3n) is 4.08. The van der Waals surface area contributed by atoms with E-state index in [1.165, 1.54) is 6.33 Å². The highest BCUT2D eigenvalue weighted by molar-refractivity contribution is 5.49. The fourth-order valence-corrected chi connectivity index (χ4v) is 2.68. The Balaban J connectivity index is 1.70. The molecule has 0 aliphatic carbocycles. The lowest BCUT2D eigenvalue weighted by Crippen LogP contribution is -2.28. The number of aryl methyl sites for hydroxylation is 1. The van der Waals surface area contributed by atoms with Crippen molar-refractivity contribution in [2.75, 3.05) is 23.3 Å². The number of alkyl halides is 3. The molecule has 0 spiro atoms. The van der Waals surface area contributed by atoms with Crippen LogP contribution in [0.15, 0.2) is 18.6 Å². The summed E-state index contributed by atoms with van der Waals surface area (Å²) in [5, 5.41) is 2.98. The highest BCUT2D eigenvalue weighted by Crippen LogP contribution is 2.28. The number of halogens is 3. The highest BCUT2D eigenvalue weighted by atomic mass is 19.4. The standard InChI is InChI=1S/C15H17F3N6/c1-9-10(2)20-8-21-13(9)24-6-4-11(7-24)22-14-19-5-3-12(23-14)15(16,17)18/h3,5,8,11H,4,6-7H2,1-2H3,(H,19,22,23). The molecule has 3 rings (SSSR count). The number of rotatable bonds is 3. The molecule has 3 heterocycles. The maximum Gasteiger partial charge on any atom is 0.433 e. The molecule has 1 aliphatic heterocycles. The summed E-state index contributed by atoms with van der Waals surface area (Å²) in [5.41, 5.74) is 0.975. The van der Waals surface area contributed by atoms with E-state index in [-0.39, 0.29) is 12.0 Å². The van der Waals surface area contributed by atoms with E-state index < -0.39 is 11.9 Å². The van der Waals surface area contributed by atoms with Gasteiger partial charge in [0.05, 0.1) is 0 Å². The monoisotopic (exact) mass is 338 g/mol. The van der Waals surface area contributed by atoms with E-state index in [2.05, 4.69) is 30.2 Å². The van der Waals surface area contributed by atoms with Crippen LogP contribution in [-0.4, -0.2) is 39.1 Å². The molecule has 1 atom stereocenters. The van der Waals surface area contributed by atoms with Crippen molar-refractivity contribution < 1.29 is 13.2 Å². The van der Waals surface area contributed by atoms with Crippen LogP contribution in [0, 0.1) is 13.8 Å². The zero-order valence-corrected chi connectivity index (χ0v) is 13.3. The van der Waals surface area contributed by atoms with Gasteiger partial charge in [0.15, 0.2) is 0 Å². The first-order chi connectivity index (χ1) is 11.3. The molecule has 128 valence electrons. The first-order valence-corrected chi connectivity index (χ1v) is 7.54. The summed E-state index contributed by atoms with van der Waals surface area (Å²) in [5.74, 6) is 0.851. The number of aromatic nitrogens is 4.